The summed E-state index contributed by atoms with van der Waals surface area (Å²) in [7, 11) is 0. The maximum absolute atomic E-state index is 12.7. The highest BCUT2D eigenvalue weighted by atomic mass is 79.9. The lowest BCUT2D eigenvalue weighted by atomic mass is 9.81. The molecular weight excluding hydrogens is 416 g/mol. The number of carboxylic acids is 1. The van der Waals surface area contributed by atoms with Gasteiger partial charge in [-0.2, -0.15) is 0 Å². The van der Waals surface area contributed by atoms with E-state index < -0.39 is 23.8 Å². The molecule has 0 radical (unpaired) electrons. The van der Waals surface area contributed by atoms with Gasteiger partial charge in [-0.25, -0.2) is 14.6 Å². The Morgan fingerprint density at radius 3 is 2.48 bits per heavy atom. The Balaban J connectivity index is 1.90. The van der Waals surface area contributed by atoms with E-state index in [1.54, 1.807) is 6.20 Å². The average molecular weight is 441 g/mol. The molecule has 0 saturated carbocycles. The zero-order chi connectivity index (χ0) is 19.8. The van der Waals surface area contributed by atoms with Gasteiger partial charge in [0.1, 0.15) is 22.4 Å². The van der Waals surface area contributed by atoms with Crippen LogP contribution in [0.2, 0.25) is 0 Å². The van der Waals surface area contributed by atoms with Gasteiger partial charge in [0.05, 0.1) is 0 Å². The van der Waals surface area contributed by atoms with Crippen molar-refractivity contribution in [3.63, 3.8) is 0 Å². The minimum Gasteiger partial charge on any atom is -0.480 e. The number of carbonyl (C=O) groups is 2. The maximum Gasteiger partial charge on any atom is 0.410 e. The first-order valence-corrected chi connectivity index (χ1v) is 9.89. The van der Waals surface area contributed by atoms with Gasteiger partial charge in [-0.05, 0) is 55.6 Å². The number of carbonyl (C=O) groups excluding carboxylic acids is 1. The van der Waals surface area contributed by atoms with E-state index in [0.717, 1.165) is 18.4 Å². The third kappa shape index (κ3) is 4.27. The van der Waals surface area contributed by atoms with Crippen molar-refractivity contribution in [2.45, 2.75) is 69.7 Å². The van der Waals surface area contributed by atoms with Crippen LogP contribution in [-0.2, 0) is 19.9 Å². The van der Waals surface area contributed by atoms with Crippen LogP contribution in [0.5, 0.6) is 0 Å². The molecule has 1 N–H and O–H groups in total. The van der Waals surface area contributed by atoms with Gasteiger partial charge >= 0.3 is 12.1 Å². The molecule has 1 aromatic rings. The number of hydrogen-bond acceptors (Lipinski definition) is 5. The Bertz CT molecular complexity index is 719. The molecule has 2 aliphatic heterocycles. The van der Waals surface area contributed by atoms with Crippen molar-refractivity contribution >= 4 is 28.0 Å². The highest BCUT2D eigenvalue weighted by molar-refractivity contribution is 9.10. The number of fused-ring (bicyclic) bond motifs is 2. The number of pyridine rings is 1. The number of ether oxygens (including phenoxy) is 2. The van der Waals surface area contributed by atoms with Gasteiger partial charge in [0.15, 0.2) is 0 Å². The maximum atomic E-state index is 12.7. The third-order valence-electron chi connectivity index (χ3n) is 5.08. The number of hydrogen-bond donors (Lipinski definition) is 1. The lowest BCUT2D eigenvalue weighted by Crippen LogP contribution is -2.54. The molecule has 2 saturated heterocycles. The fourth-order valence-electron chi connectivity index (χ4n) is 4.16. The molecule has 0 aromatic carbocycles. The number of aromatic nitrogens is 1. The second kappa shape index (κ2) is 7.39. The van der Waals surface area contributed by atoms with Crippen molar-refractivity contribution in [2.24, 2.45) is 0 Å². The topological polar surface area (TPSA) is 89.0 Å². The van der Waals surface area contributed by atoms with Crippen molar-refractivity contribution in [3.8, 4) is 0 Å². The number of rotatable bonds is 4. The first-order valence-electron chi connectivity index (χ1n) is 9.09. The van der Waals surface area contributed by atoms with E-state index in [0.29, 0.717) is 17.4 Å². The van der Waals surface area contributed by atoms with Gasteiger partial charge in [0, 0.05) is 36.7 Å². The molecule has 2 atom stereocenters. The second-order valence-corrected chi connectivity index (χ2v) is 8.95. The van der Waals surface area contributed by atoms with E-state index in [4.69, 9.17) is 14.6 Å². The number of carboxylic acid groups (broad SMARTS) is 1. The number of halogens is 1. The van der Waals surface area contributed by atoms with Gasteiger partial charge in [-0.3, -0.25) is 0 Å². The first kappa shape index (κ1) is 20.1. The fourth-order valence-corrected chi connectivity index (χ4v) is 4.77. The zero-order valence-electron chi connectivity index (χ0n) is 15.8. The van der Waals surface area contributed by atoms with E-state index >= 15 is 0 Å². The third-order valence-corrected chi connectivity index (χ3v) is 5.71. The predicted octanol–water partition coefficient (Wildman–Crippen LogP) is 3.70. The summed E-state index contributed by atoms with van der Waals surface area (Å²) in [4.78, 5) is 30.0. The summed E-state index contributed by atoms with van der Waals surface area (Å²) >= 11 is 3.47. The summed E-state index contributed by atoms with van der Waals surface area (Å²) in [6.45, 7) is 5.16. The van der Waals surface area contributed by atoms with Crippen molar-refractivity contribution in [3.05, 3.63) is 28.5 Å². The van der Waals surface area contributed by atoms with Gasteiger partial charge in [-0.15, -0.1) is 0 Å². The molecular formula is C19H25BrN2O5. The van der Waals surface area contributed by atoms with Crippen molar-refractivity contribution in [1.82, 2.24) is 9.88 Å². The minimum absolute atomic E-state index is 0.0560. The normalized spacial score (nSPS) is 27.5. The molecule has 148 valence electrons. The van der Waals surface area contributed by atoms with Crippen LogP contribution in [-0.4, -0.2) is 51.3 Å². The van der Waals surface area contributed by atoms with Gasteiger partial charge < -0.3 is 19.5 Å². The van der Waals surface area contributed by atoms with Gasteiger partial charge in [0.25, 0.3) is 0 Å². The van der Waals surface area contributed by atoms with E-state index in [1.807, 2.05) is 37.8 Å². The number of piperidine rings is 1. The average Bonchev–Trinajstić information content (AvgIpc) is 2.84. The molecule has 2 aliphatic rings. The Labute approximate surface area is 167 Å². The molecule has 8 heteroatoms. The smallest absolute Gasteiger partial charge is 0.410 e. The molecule has 2 fully saturated rings. The molecule has 3 heterocycles. The summed E-state index contributed by atoms with van der Waals surface area (Å²) < 4.78 is 12.2. The second-order valence-electron chi connectivity index (χ2n) is 8.20. The van der Waals surface area contributed by atoms with Crippen molar-refractivity contribution in [1.29, 1.82) is 0 Å². The molecule has 27 heavy (non-hydrogen) atoms. The van der Waals surface area contributed by atoms with E-state index in [2.05, 4.69) is 20.9 Å². The molecule has 3 rings (SSSR count). The Morgan fingerprint density at radius 2 is 1.96 bits per heavy atom. The lowest BCUT2D eigenvalue weighted by Gasteiger charge is -2.46. The molecule has 2 unspecified atom stereocenters. The van der Waals surface area contributed by atoms with Crippen LogP contribution in [0.25, 0.3) is 0 Å². The Kier molecular flexibility index (Phi) is 5.49. The van der Waals surface area contributed by atoms with Gasteiger partial charge in [0.2, 0.25) is 0 Å². The van der Waals surface area contributed by atoms with E-state index in [-0.39, 0.29) is 18.2 Å². The van der Waals surface area contributed by atoms with E-state index in [1.165, 1.54) is 0 Å². The summed E-state index contributed by atoms with van der Waals surface area (Å²) in [5, 5.41) is 9.15. The molecule has 1 amide bonds. The van der Waals surface area contributed by atoms with Crippen LogP contribution >= 0.6 is 15.9 Å². The number of aliphatic carboxylic acids is 1. The fraction of sp³-hybridized carbons (Fsp3) is 0.632. The van der Waals surface area contributed by atoms with Crippen molar-refractivity contribution in [2.75, 3.05) is 6.61 Å². The van der Waals surface area contributed by atoms with Crippen LogP contribution in [0, 0.1) is 0 Å². The largest absolute Gasteiger partial charge is 0.480 e. The van der Waals surface area contributed by atoms with Crippen LogP contribution in [0.1, 0.15) is 52.0 Å². The lowest BCUT2D eigenvalue weighted by molar-refractivity contribution is -0.158. The van der Waals surface area contributed by atoms with E-state index in [9.17, 15) is 9.59 Å². The molecule has 7 nitrogen and oxygen atoms in total. The van der Waals surface area contributed by atoms with Crippen molar-refractivity contribution < 1.29 is 24.2 Å². The number of nitrogens with zero attached hydrogens (tertiary/aromatic N) is 2. The summed E-state index contributed by atoms with van der Waals surface area (Å²) in [6, 6.07) is 3.61. The van der Waals surface area contributed by atoms with Crippen LogP contribution in [0.4, 0.5) is 4.79 Å². The van der Waals surface area contributed by atoms with Crippen LogP contribution in [0.15, 0.2) is 22.9 Å². The summed E-state index contributed by atoms with van der Waals surface area (Å²) in [6.07, 6.45) is 4.08. The Hall–Kier alpha value is -1.67. The molecule has 2 bridgehead atoms. The monoisotopic (exact) mass is 440 g/mol. The first-order chi connectivity index (χ1) is 12.6. The highest BCUT2D eigenvalue weighted by Gasteiger charge is 2.53. The predicted molar refractivity (Wildman–Crippen MR) is 101 cm³/mol. The molecule has 1 aromatic heterocycles. The van der Waals surface area contributed by atoms with Crippen LogP contribution in [0.3, 0.4) is 0 Å². The number of amides is 1. The SMILES string of the molecule is CC(C)(C)OC(=O)N1C2CCC1CC(OCC(=O)O)(c1cccnc1Br)C2. The molecule has 0 spiro atoms. The summed E-state index contributed by atoms with van der Waals surface area (Å²) in [5.41, 5.74) is -0.528. The quantitative estimate of drug-likeness (QED) is 0.717. The Morgan fingerprint density at radius 1 is 1.33 bits per heavy atom. The van der Waals surface area contributed by atoms with Gasteiger partial charge in [-0.1, -0.05) is 6.07 Å². The highest BCUT2D eigenvalue weighted by Crippen LogP contribution is 2.49. The summed E-state index contributed by atoms with van der Waals surface area (Å²) in [5.74, 6) is -1.02. The minimum atomic E-state index is -1.02. The van der Waals surface area contributed by atoms with Crippen LogP contribution < -0.4 is 0 Å². The zero-order valence-corrected chi connectivity index (χ0v) is 17.4. The molecule has 0 aliphatic carbocycles. The standard InChI is InChI=1S/C19H25BrN2O5/c1-18(2,3)27-17(25)22-12-6-7-13(22)10-19(9-12,26-11-15(23)24)14-5-4-8-21-16(14)20/h4-5,8,12-13H,6-7,9-11H2,1-3H3,(H,23,24).